The number of anilines is 3. The fourth-order valence-electron chi connectivity index (χ4n) is 7.08. The minimum Gasteiger partial charge on any atom is -0.311 e. The van der Waals surface area contributed by atoms with Crippen molar-refractivity contribution in [1.82, 2.24) is 0 Å². The first-order chi connectivity index (χ1) is 23.3. The van der Waals surface area contributed by atoms with Crippen molar-refractivity contribution in [3.05, 3.63) is 188 Å². The van der Waals surface area contributed by atoms with E-state index >= 15 is 0 Å². The van der Waals surface area contributed by atoms with Gasteiger partial charge in [0.15, 0.2) is 0 Å². The first kappa shape index (κ1) is 27.2. The van der Waals surface area contributed by atoms with Gasteiger partial charge < -0.3 is 4.90 Å². The molecule has 0 heterocycles. The predicted molar refractivity (Wildman–Crippen MR) is 202 cm³/mol. The topological polar surface area (TPSA) is 3.24 Å². The van der Waals surface area contributed by atoms with Crippen molar-refractivity contribution in [3.8, 4) is 22.3 Å². The molecule has 0 amide bonds. The zero-order valence-corrected chi connectivity index (χ0v) is 25.8. The van der Waals surface area contributed by atoms with Crippen molar-refractivity contribution >= 4 is 60.2 Å². The molecule has 9 rings (SSSR count). The van der Waals surface area contributed by atoms with Gasteiger partial charge in [-0.15, -0.1) is 0 Å². The molecule has 9 aromatic rings. The molecule has 0 saturated heterocycles. The molecule has 0 aliphatic heterocycles. The van der Waals surface area contributed by atoms with Gasteiger partial charge in [0.25, 0.3) is 0 Å². The van der Waals surface area contributed by atoms with E-state index in [1.54, 1.807) is 0 Å². The van der Waals surface area contributed by atoms with Crippen LogP contribution in [0.15, 0.2) is 188 Å². The molecular formula is C46H31N. The van der Waals surface area contributed by atoms with Gasteiger partial charge in [-0.2, -0.15) is 0 Å². The zero-order valence-electron chi connectivity index (χ0n) is 25.8. The van der Waals surface area contributed by atoms with Gasteiger partial charge in [0.2, 0.25) is 0 Å². The van der Waals surface area contributed by atoms with Crippen molar-refractivity contribution in [2.24, 2.45) is 0 Å². The Morgan fingerprint density at radius 2 is 0.617 bits per heavy atom. The minimum atomic E-state index is 1.12. The third-order valence-electron chi connectivity index (χ3n) is 9.41. The van der Waals surface area contributed by atoms with Gasteiger partial charge in [0.1, 0.15) is 0 Å². The second kappa shape index (κ2) is 11.3. The second-order valence-electron chi connectivity index (χ2n) is 12.2. The van der Waals surface area contributed by atoms with E-state index in [0.717, 1.165) is 17.1 Å². The number of rotatable bonds is 5. The zero-order chi connectivity index (χ0) is 31.2. The Labute approximate surface area is 274 Å². The molecule has 0 saturated carbocycles. The van der Waals surface area contributed by atoms with Gasteiger partial charge in [-0.1, -0.05) is 133 Å². The Hall–Kier alpha value is -6.18. The van der Waals surface area contributed by atoms with Crippen molar-refractivity contribution in [1.29, 1.82) is 0 Å². The molecule has 1 nitrogen and oxygen atoms in total. The van der Waals surface area contributed by atoms with Gasteiger partial charge in [-0.25, -0.2) is 0 Å². The Morgan fingerprint density at radius 1 is 0.234 bits per heavy atom. The molecule has 1 heteroatoms. The molecule has 47 heavy (non-hydrogen) atoms. The normalized spacial score (nSPS) is 11.4. The maximum Gasteiger partial charge on any atom is 0.0462 e. The average Bonchev–Trinajstić information content (AvgIpc) is 3.15. The largest absolute Gasteiger partial charge is 0.311 e. The summed E-state index contributed by atoms with van der Waals surface area (Å²) in [4.78, 5) is 2.32. The summed E-state index contributed by atoms with van der Waals surface area (Å²) >= 11 is 0. The maximum atomic E-state index is 2.37. The van der Waals surface area contributed by atoms with E-state index in [-0.39, 0.29) is 0 Å². The lowest BCUT2D eigenvalue weighted by Gasteiger charge is -2.26. The number of hydrogen-bond donors (Lipinski definition) is 0. The maximum absolute atomic E-state index is 2.37. The highest BCUT2D eigenvalue weighted by Crippen LogP contribution is 2.40. The predicted octanol–water partition coefficient (Wildman–Crippen LogP) is 13.1. The smallest absolute Gasteiger partial charge is 0.0462 e. The molecule has 0 bridgehead atoms. The van der Waals surface area contributed by atoms with E-state index in [9.17, 15) is 0 Å². The first-order valence-electron chi connectivity index (χ1n) is 16.2. The van der Waals surface area contributed by atoms with Crippen LogP contribution in [0.25, 0.3) is 65.3 Å². The standard InChI is InChI=1S/C46H31N/c1-3-11-32(12-4-1)33-19-24-39(25-20-33)47(38-15-5-2-6-16-38)40-26-21-34(22-27-40)37-23-28-43-44(31-37)41-17-9-10-18-42(41)45-29-35-13-7-8-14-36(35)30-46(43)45/h1-31H. The number of hydrogen-bond acceptors (Lipinski definition) is 1. The van der Waals surface area contributed by atoms with E-state index in [4.69, 9.17) is 0 Å². The number of para-hydroxylation sites is 1. The number of nitrogens with zero attached hydrogens (tertiary/aromatic N) is 1. The lowest BCUT2D eigenvalue weighted by atomic mass is 9.90. The summed E-state index contributed by atoms with van der Waals surface area (Å²) in [6.45, 7) is 0. The summed E-state index contributed by atoms with van der Waals surface area (Å²) in [6.07, 6.45) is 0. The number of fused-ring (bicyclic) bond motifs is 7. The first-order valence-corrected chi connectivity index (χ1v) is 16.2. The third-order valence-corrected chi connectivity index (χ3v) is 9.41. The minimum absolute atomic E-state index is 1.12. The molecular weight excluding hydrogens is 567 g/mol. The van der Waals surface area contributed by atoms with Gasteiger partial charge in [-0.3, -0.25) is 0 Å². The van der Waals surface area contributed by atoms with E-state index in [1.165, 1.54) is 65.3 Å². The van der Waals surface area contributed by atoms with Crippen LogP contribution in [0.2, 0.25) is 0 Å². The van der Waals surface area contributed by atoms with E-state index in [0.29, 0.717) is 0 Å². The van der Waals surface area contributed by atoms with Crippen LogP contribution in [-0.2, 0) is 0 Å². The molecule has 0 aliphatic carbocycles. The van der Waals surface area contributed by atoms with Crippen LogP contribution < -0.4 is 4.90 Å². The SMILES string of the molecule is c1ccc(-c2ccc(N(c3ccccc3)c3ccc(-c4ccc5c(c4)c4ccccc4c4cc6ccccc6cc54)cc3)cc2)cc1. The molecule has 0 aliphatic rings. The van der Waals surface area contributed by atoms with Gasteiger partial charge in [0, 0.05) is 17.1 Å². The molecule has 0 atom stereocenters. The molecule has 9 aromatic carbocycles. The van der Waals surface area contributed by atoms with Crippen LogP contribution >= 0.6 is 0 Å². The fraction of sp³-hybridized carbons (Fsp3) is 0. The highest BCUT2D eigenvalue weighted by molar-refractivity contribution is 6.27. The quantitative estimate of drug-likeness (QED) is 0.141. The second-order valence-corrected chi connectivity index (χ2v) is 12.2. The van der Waals surface area contributed by atoms with Crippen LogP contribution in [-0.4, -0.2) is 0 Å². The van der Waals surface area contributed by atoms with Crippen LogP contribution in [0.4, 0.5) is 17.1 Å². The van der Waals surface area contributed by atoms with Crippen molar-refractivity contribution in [3.63, 3.8) is 0 Å². The summed E-state index contributed by atoms with van der Waals surface area (Å²) in [5.74, 6) is 0. The third kappa shape index (κ3) is 4.81. The van der Waals surface area contributed by atoms with E-state index < -0.39 is 0 Å². The van der Waals surface area contributed by atoms with Crippen molar-refractivity contribution in [2.75, 3.05) is 4.90 Å². The Balaban J connectivity index is 1.13. The lowest BCUT2D eigenvalue weighted by Crippen LogP contribution is -2.09. The van der Waals surface area contributed by atoms with Crippen LogP contribution in [0.1, 0.15) is 0 Å². The number of benzene rings is 9. The highest BCUT2D eigenvalue weighted by atomic mass is 15.1. The van der Waals surface area contributed by atoms with Crippen LogP contribution in [0.3, 0.4) is 0 Å². The Kier molecular flexibility index (Phi) is 6.54. The van der Waals surface area contributed by atoms with Gasteiger partial charge in [-0.05, 0) is 120 Å². The summed E-state index contributed by atoms with van der Waals surface area (Å²) in [6, 6.07) is 68.1. The summed E-state index contributed by atoms with van der Waals surface area (Å²) in [5, 5.41) is 10.3. The highest BCUT2D eigenvalue weighted by Gasteiger charge is 2.14. The molecule has 0 spiro atoms. The lowest BCUT2D eigenvalue weighted by molar-refractivity contribution is 1.28. The van der Waals surface area contributed by atoms with Crippen LogP contribution in [0, 0.1) is 0 Å². The molecule has 0 fully saturated rings. The van der Waals surface area contributed by atoms with Crippen molar-refractivity contribution in [2.45, 2.75) is 0 Å². The Bertz CT molecular complexity index is 2530. The average molecular weight is 598 g/mol. The van der Waals surface area contributed by atoms with Crippen molar-refractivity contribution < 1.29 is 0 Å². The summed E-state index contributed by atoms with van der Waals surface area (Å²) < 4.78 is 0. The summed E-state index contributed by atoms with van der Waals surface area (Å²) in [5.41, 5.74) is 8.22. The molecule has 0 aromatic heterocycles. The fourth-order valence-corrected chi connectivity index (χ4v) is 7.08. The van der Waals surface area contributed by atoms with E-state index in [2.05, 4.69) is 193 Å². The monoisotopic (exact) mass is 597 g/mol. The molecule has 220 valence electrons. The van der Waals surface area contributed by atoms with E-state index in [1.807, 2.05) is 0 Å². The molecule has 0 unspecified atom stereocenters. The molecule has 0 radical (unpaired) electrons. The van der Waals surface area contributed by atoms with Crippen LogP contribution in [0.5, 0.6) is 0 Å². The Morgan fingerprint density at radius 3 is 1.19 bits per heavy atom. The van der Waals surface area contributed by atoms with Gasteiger partial charge >= 0.3 is 0 Å². The summed E-state index contributed by atoms with van der Waals surface area (Å²) in [7, 11) is 0. The van der Waals surface area contributed by atoms with Gasteiger partial charge in [0.05, 0.1) is 0 Å². The molecule has 0 N–H and O–H groups in total.